The molecule has 7 heteroatoms. The molecule has 0 spiro atoms. The number of halogens is 1. The largest absolute Gasteiger partial charge is 0.507 e. The van der Waals surface area contributed by atoms with Gasteiger partial charge in [-0.2, -0.15) is 0 Å². The van der Waals surface area contributed by atoms with E-state index in [1.54, 1.807) is 31.5 Å². The lowest BCUT2D eigenvalue weighted by molar-refractivity contribution is -0.132. The molecule has 1 aliphatic heterocycles. The third kappa shape index (κ3) is 4.06. The fourth-order valence-corrected chi connectivity index (χ4v) is 4.91. The van der Waals surface area contributed by atoms with E-state index in [1.807, 2.05) is 45.0 Å². The van der Waals surface area contributed by atoms with Gasteiger partial charge >= 0.3 is 0 Å². The zero-order chi connectivity index (χ0) is 26.5. The molecular weight excluding hydrogens is 471 g/mol. The number of aromatic nitrogens is 1. The molecule has 1 amide bonds. The van der Waals surface area contributed by atoms with Crippen LogP contribution in [0.5, 0.6) is 5.75 Å². The number of H-pyrrole nitrogens is 1. The lowest BCUT2D eigenvalue weighted by Crippen LogP contribution is -2.29. The summed E-state index contributed by atoms with van der Waals surface area (Å²) in [5.74, 6) is -1.70. The van der Waals surface area contributed by atoms with Gasteiger partial charge in [0.15, 0.2) is 0 Å². The summed E-state index contributed by atoms with van der Waals surface area (Å²) in [5, 5.41) is 12.4. The maximum absolute atomic E-state index is 13.7. The highest BCUT2D eigenvalue weighted by atomic mass is 19.1. The Labute approximate surface area is 214 Å². The number of aliphatic hydroxyl groups excluding tert-OH is 1. The first-order valence-electron chi connectivity index (χ1n) is 11.9. The molecule has 1 aliphatic rings. The number of nitrogens with zero attached hydrogens (tertiary/aromatic N) is 1. The van der Waals surface area contributed by atoms with Crippen molar-refractivity contribution in [2.45, 2.75) is 32.2 Å². The van der Waals surface area contributed by atoms with Crippen LogP contribution < -0.4 is 9.64 Å². The second-order valence-electron chi connectivity index (χ2n) is 10.1. The summed E-state index contributed by atoms with van der Waals surface area (Å²) in [6.07, 6.45) is 1.74. The van der Waals surface area contributed by atoms with E-state index in [1.165, 1.54) is 29.2 Å². The maximum Gasteiger partial charge on any atom is 0.300 e. The fourth-order valence-electron chi connectivity index (χ4n) is 4.91. The van der Waals surface area contributed by atoms with Crippen LogP contribution in [0.1, 0.15) is 43.5 Å². The molecule has 188 valence electrons. The van der Waals surface area contributed by atoms with Crippen LogP contribution >= 0.6 is 0 Å². The number of anilines is 1. The van der Waals surface area contributed by atoms with E-state index in [0.29, 0.717) is 22.6 Å². The Hall–Kier alpha value is -4.39. The van der Waals surface area contributed by atoms with Gasteiger partial charge in [0, 0.05) is 39.5 Å². The van der Waals surface area contributed by atoms with Crippen LogP contribution in [-0.4, -0.2) is 28.9 Å². The first-order chi connectivity index (χ1) is 17.6. The van der Waals surface area contributed by atoms with Gasteiger partial charge in [-0.15, -0.1) is 0 Å². The Morgan fingerprint density at radius 2 is 1.73 bits per heavy atom. The lowest BCUT2D eigenvalue weighted by Gasteiger charge is -2.25. The first kappa shape index (κ1) is 24.3. The van der Waals surface area contributed by atoms with E-state index in [9.17, 15) is 19.1 Å². The minimum atomic E-state index is -0.929. The standard InChI is InChI=1S/C30H27FN2O4/c1-30(2,3)22-15-17(9-14-24(22)37-4)27(34)25-26(21-16-32-23-8-6-5-7-20(21)23)33(29(36)28(25)35)19-12-10-18(31)11-13-19/h5-16,26,32,34H,1-4H3/b27-25+. The number of carbonyl (C=O) groups excluding carboxylic acids is 2. The molecule has 2 N–H and O–H groups in total. The zero-order valence-corrected chi connectivity index (χ0v) is 21.0. The maximum atomic E-state index is 13.7. The van der Waals surface area contributed by atoms with Gasteiger partial charge in [-0.05, 0) is 53.9 Å². The van der Waals surface area contributed by atoms with Crippen LogP contribution in [0.15, 0.2) is 78.5 Å². The second-order valence-corrected chi connectivity index (χ2v) is 10.1. The average Bonchev–Trinajstić information content (AvgIpc) is 3.42. The van der Waals surface area contributed by atoms with Crippen molar-refractivity contribution in [3.63, 3.8) is 0 Å². The van der Waals surface area contributed by atoms with E-state index in [4.69, 9.17) is 4.74 Å². The number of aromatic amines is 1. The van der Waals surface area contributed by atoms with Crippen LogP contribution in [0.2, 0.25) is 0 Å². The molecular formula is C30H27FN2O4. The van der Waals surface area contributed by atoms with Crippen molar-refractivity contribution < 1.29 is 23.8 Å². The number of methoxy groups -OCH3 is 1. The lowest BCUT2D eigenvalue weighted by atomic mass is 9.84. The number of para-hydroxylation sites is 1. The molecule has 1 unspecified atom stereocenters. The number of hydrogen-bond acceptors (Lipinski definition) is 4. The quantitative estimate of drug-likeness (QED) is 0.198. The molecule has 2 heterocycles. The van der Waals surface area contributed by atoms with Gasteiger partial charge in [-0.25, -0.2) is 4.39 Å². The van der Waals surface area contributed by atoms with Crippen LogP contribution in [0.25, 0.3) is 16.7 Å². The first-order valence-corrected chi connectivity index (χ1v) is 11.9. The van der Waals surface area contributed by atoms with Crippen LogP contribution in [-0.2, 0) is 15.0 Å². The third-order valence-electron chi connectivity index (χ3n) is 6.75. The molecule has 0 saturated carbocycles. The van der Waals surface area contributed by atoms with Crippen molar-refractivity contribution >= 4 is 34.0 Å². The molecule has 3 aromatic carbocycles. The number of hydrogen-bond donors (Lipinski definition) is 2. The van der Waals surface area contributed by atoms with Gasteiger partial charge in [0.25, 0.3) is 11.7 Å². The Balaban J connectivity index is 1.77. The van der Waals surface area contributed by atoms with E-state index in [-0.39, 0.29) is 16.7 Å². The van der Waals surface area contributed by atoms with Crippen molar-refractivity contribution in [3.8, 4) is 5.75 Å². The second kappa shape index (κ2) is 8.92. The molecule has 0 radical (unpaired) electrons. The molecule has 1 atom stereocenters. The minimum Gasteiger partial charge on any atom is -0.507 e. The number of rotatable bonds is 4. The summed E-state index contributed by atoms with van der Waals surface area (Å²) >= 11 is 0. The number of benzene rings is 3. The van der Waals surface area contributed by atoms with Gasteiger partial charge in [0.05, 0.1) is 18.7 Å². The molecule has 1 fully saturated rings. The number of fused-ring (bicyclic) bond motifs is 1. The van der Waals surface area contributed by atoms with Crippen LogP contribution in [0, 0.1) is 5.82 Å². The zero-order valence-electron chi connectivity index (χ0n) is 21.0. The minimum absolute atomic E-state index is 0.0379. The number of amides is 1. The Morgan fingerprint density at radius 1 is 1.03 bits per heavy atom. The molecule has 4 aromatic rings. The topological polar surface area (TPSA) is 82.6 Å². The summed E-state index contributed by atoms with van der Waals surface area (Å²) < 4.78 is 19.2. The highest BCUT2D eigenvalue weighted by Crippen LogP contribution is 2.45. The van der Waals surface area contributed by atoms with Crippen molar-refractivity contribution in [3.05, 3.63) is 101 Å². The number of ether oxygens (including phenoxy) is 1. The van der Waals surface area contributed by atoms with Crippen LogP contribution in [0.3, 0.4) is 0 Å². The molecule has 37 heavy (non-hydrogen) atoms. The summed E-state index contributed by atoms with van der Waals surface area (Å²) in [7, 11) is 1.58. The number of ketones is 1. The molecule has 0 bridgehead atoms. The Kier molecular flexibility index (Phi) is 5.86. The predicted octanol–water partition coefficient (Wildman–Crippen LogP) is 6.24. The van der Waals surface area contributed by atoms with Gasteiger partial charge < -0.3 is 14.8 Å². The summed E-state index contributed by atoms with van der Waals surface area (Å²) in [5.41, 5.74) is 2.71. The molecule has 1 aromatic heterocycles. The summed E-state index contributed by atoms with van der Waals surface area (Å²) in [6.45, 7) is 6.07. The van der Waals surface area contributed by atoms with Crippen molar-refractivity contribution in [2.24, 2.45) is 0 Å². The fraction of sp³-hybridized carbons (Fsp3) is 0.200. The predicted molar refractivity (Wildman–Crippen MR) is 141 cm³/mol. The normalized spacial score (nSPS) is 17.5. The Morgan fingerprint density at radius 3 is 2.41 bits per heavy atom. The molecule has 0 aliphatic carbocycles. The van der Waals surface area contributed by atoms with E-state index in [2.05, 4.69) is 4.98 Å². The van der Waals surface area contributed by atoms with Gasteiger partial charge in [-0.1, -0.05) is 39.0 Å². The third-order valence-corrected chi connectivity index (χ3v) is 6.75. The summed E-state index contributed by atoms with van der Waals surface area (Å²) in [6, 6.07) is 17.2. The summed E-state index contributed by atoms with van der Waals surface area (Å²) in [4.78, 5) is 31.4. The monoisotopic (exact) mass is 498 g/mol. The smallest absolute Gasteiger partial charge is 0.300 e. The Bertz CT molecular complexity index is 1560. The molecule has 6 nitrogen and oxygen atoms in total. The van der Waals surface area contributed by atoms with Crippen LogP contribution in [0.4, 0.5) is 10.1 Å². The van der Waals surface area contributed by atoms with Crippen molar-refractivity contribution in [1.29, 1.82) is 0 Å². The molecule has 5 rings (SSSR count). The van der Waals surface area contributed by atoms with E-state index in [0.717, 1.165) is 16.5 Å². The van der Waals surface area contributed by atoms with Crippen molar-refractivity contribution in [1.82, 2.24) is 4.98 Å². The van der Waals surface area contributed by atoms with E-state index >= 15 is 0 Å². The van der Waals surface area contributed by atoms with Gasteiger partial charge in [0.2, 0.25) is 0 Å². The number of aliphatic hydroxyl groups is 1. The number of Topliss-reactive ketones (excluding diaryl/α,β-unsaturated/α-hetero) is 1. The van der Waals surface area contributed by atoms with Gasteiger partial charge in [0.1, 0.15) is 17.3 Å². The SMILES string of the molecule is COc1ccc(/C(O)=C2\C(=O)C(=O)N(c3ccc(F)cc3)C2c2c[nH]c3ccccc23)cc1C(C)(C)C. The highest BCUT2D eigenvalue weighted by molar-refractivity contribution is 6.51. The van der Waals surface area contributed by atoms with Gasteiger partial charge in [-0.3, -0.25) is 14.5 Å². The average molecular weight is 499 g/mol. The molecule has 1 saturated heterocycles. The highest BCUT2D eigenvalue weighted by Gasteiger charge is 2.47. The number of carbonyl (C=O) groups is 2. The van der Waals surface area contributed by atoms with E-state index < -0.39 is 23.5 Å². The van der Waals surface area contributed by atoms with Crippen molar-refractivity contribution in [2.75, 3.05) is 12.0 Å². The number of nitrogens with one attached hydrogen (secondary N) is 1.